The van der Waals surface area contributed by atoms with Crippen molar-refractivity contribution in [1.82, 2.24) is 19.6 Å². The van der Waals surface area contributed by atoms with E-state index in [1.165, 1.54) is 0 Å². The number of hydrogen-bond acceptors (Lipinski definition) is 7. The zero-order chi connectivity index (χ0) is 23.3. The molecule has 34 heavy (non-hydrogen) atoms. The van der Waals surface area contributed by atoms with E-state index in [9.17, 15) is 0 Å². The molecule has 0 bridgehead atoms. The normalized spacial score (nSPS) is 14.7. The first-order chi connectivity index (χ1) is 16.7. The van der Waals surface area contributed by atoms with Crippen LogP contribution in [0.4, 0.5) is 5.82 Å². The van der Waals surface area contributed by atoms with Gasteiger partial charge in [0.1, 0.15) is 17.7 Å². The summed E-state index contributed by atoms with van der Waals surface area (Å²) in [6, 6.07) is 12.0. The Kier molecular flexibility index (Phi) is 6.38. The Morgan fingerprint density at radius 2 is 2.00 bits per heavy atom. The van der Waals surface area contributed by atoms with Crippen molar-refractivity contribution in [2.75, 3.05) is 31.6 Å². The number of ether oxygens (including phenoxy) is 2. The maximum absolute atomic E-state index is 6.02. The Hall–Kier alpha value is -3.94. The molecular weight excluding hydrogens is 428 g/mol. The predicted octanol–water partition coefficient (Wildman–Crippen LogP) is 4.29. The Morgan fingerprint density at radius 3 is 2.71 bits per heavy atom. The van der Waals surface area contributed by atoms with E-state index >= 15 is 0 Å². The molecule has 4 aromatic heterocycles. The molecule has 4 aromatic rings. The van der Waals surface area contributed by atoms with Crippen molar-refractivity contribution in [1.29, 1.82) is 0 Å². The number of hydrogen-bond donors (Lipinski definition) is 0. The molecule has 0 radical (unpaired) electrons. The molecule has 0 saturated carbocycles. The molecule has 1 fully saturated rings. The summed E-state index contributed by atoms with van der Waals surface area (Å²) in [5, 5.41) is 4.49. The van der Waals surface area contributed by atoms with Crippen molar-refractivity contribution in [2.24, 2.45) is 4.99 Å². The molecule has 0 aliphatic carbocycles. The molecule has 0 spiro atoms. The summed E-state index contributed by atoms with van der Waals surface area (Å²) in [6.45, 7) is 4.36. The van der Waals surface area contributed by atoms with E-state index < -0.39 is 0 Å². The number of rotatable bonds is 7. The van der Waals surface area contributed by atoms with Gasteiger partial charge in [0.25, 0.3) is 0 Å². The Labute approximate surface area is 198 Å². The average molecular weight is 457 g/mol. The molecular formula is C26H28N6O2. The molecule has 1 saturated heterocycles. The summed E-state index contributed by atoms with van der Waals surface area (Å²) in [7, 11) is 1.76. The molecule has 1 aliphatic rings. The minimum Gasteiger partial charge on any atom is -0.492 e. The zero-order valence-electron chi connectivity index (χ0n) is 19.5. The van der Waals surface area contributed by atoms with E-state index in [1.807, 2.05) is 60.5 Å². The molecule has 0 unspecified atom stereocenters. The van der Waals surface area contributed by atoms with Crippen LogP contribution in [-0.2, 0) is 0 Å². The highest BCUT2D eigenvalue weighted by molar-refractivity contribution is 5.96. The first-order valence-electron chi connectivity index (χ1n) is 11.6. The SMILES string of the molecule is CCOc1cc(-c2ccc(N3CCC(Oc4ccccn4)CC3)nc2)c2c(/C=N/C)cnn2c1. The predicted molar refractivity (Wildman–Crippen MR) is 133 cm³/mol. The maximum atomic E-state index is 6.02. The lowest BCUT2D eigenvalue weighted by Gasteiger charge is -2.32. The molecule has 8 heteroatoms. The number of fused-ring (bicyclic) bond motifs is 1. The van der Waals surface area contributed by atoms with Gasteiger partial charge in [-0.3, -0.25) is 4.99 Å². The molecule has 0 N–H and O–H groups in total. The van der Waals surface area contributed by atoms with Crippen LogP contribution in [0, 0.1) is 0 Å². The first-order valence-corrected chi connectivity index (χ1v) is 11.6. The second-order valence-corrected chi connectivity index (χ2v) is 8.18. The first kappa shape index (κ1) is 21.9. The third-order valence-electron chi connectivity index (χ3n) is 5.94. The smallest absolute Gasteiger partial charge is 0.213 e. The average Bonchev–Trinajstić information content (AvgIpc) is 3.28. The quantitative estimate of drug-likeness (QED) is 0.386. The van der Waals surface area contributed by atoms with Gasteiger partial charge in [0, 0.05) is 74.3 Å². The number of aliphatic imine (C=N–C) groups is 1. The Bertz CT molecular complexity index is 1260. The largest absolute Gasteiger partial charge is 0.492 e. The van der Waals surface area contributed by atoms with Gasteiger partial charge in [0.05, 0.1) is 24.5 Å². The van der Waals surface area contributed by atoms with Gasteiger partial charge in [-0.2, -0.15) is 5.10 Å². The van der Waals surface area contributed by atoms with E-state index in [-0.39, 0.29) is 6.10 Å². The third kappa shape index (κ3) is 4.57. The Balaban J connectivity index is 1.35. The van der Waals surface area contributed by atoms with Crippen molar-refractivity contribution in [3.63, 3.8) is 0 Å². The van der Waals surface area contributed by atoms with Crippen molar-refractivity contribution in [3.8, 4) is 22.8 Å². The van der Waals surface area contributed by atoms with Gasteiger partial charge in [-0.05, 0) is 31.2 Å². The van der Waals surface area contributed by atoms with Crippen LogP contribution in [0.25, 0.3) is 16.6 Å². The topological polar surface area (TPSA) is 77.1 Å². The monoisotopic (exact) mass is 456 g/mol. The molecule has 1 aliphatic heterocycles. The van der Waals surface area contributed by atoms with E-state index in [2.05, 4.69) is 32.1 Å². The molecule has 0 aromatic carbocycles. The lowest BCUT2D eigenvalue weighted by Crippen LogP contribution is -2.38. The van der Waals surface area contributed by atoms with Gasteiger partial charge in [-0.1, -0.05) is 6.07 Å². The molecule has 0 amide bonds. The van der Waals surface area contributed by atoms with Gasteiger partial charge >= 0.3 is 0 Å². The second kappa shape index (κ2) is 9.91. The van der Waals surface area contributed by atoms with Crippen LogP contribution in [0.1, 0.15) is 25.3 Å². The second-order valence-electron chi connectivity index (χ2n) is 8.18. The minimum atomic E-state index is 0.181. The van der Waals surface area contributed by atoms with Crippen LogP contribution in [0.3, 0.4) is 0 Å². The number of piperidine rings is 1. The van der Waals surface area contributed by atoms with Crippen molar-refractivity contribution >= 4 is 17.5 Å². The van der Waals surface area contributed by atoms with Gasteiger partial charge in [0.2, 0.25) is 5.88 Å². The lowest BCUT2D eigenvalue weighted by atomic mass is 10.0. The minimum absolute atomic E-state index is 0.181. The molecule has 5 heterocycles. The summed E-state index contributed by atoms with van der Waals surface area (Å²) >= 11 is 0. The summed E-state index contributed by atoms with van der Waals surface area (Å²) in [6.07, 6.45) is 11.3. The number of pyridine rings is 3. The van der Waals surface area contributed by atoms with E-state index in [4.69, 9.17) is 14.5 Å². The number of aromatic nitrogens is 4. The van der Waals surface area contributed by atoms with E-state index in [0.29, 0.717) is 12.5 Å². The van der Waals surface area contributed by atoms with E-state index in [0.717, 1.165) is 59.7 Å². The summed E-state index contributed by atoms with van der Waals surface area (Å²) in [5.41, 5.74) is 3.96. The highest BCUT2D eigenvalue weighted by atomic mass is 16.5. The highest BCUT2D eigenvalue weighted by Crippen LogP contribution is 2.31. The van der Waals surface area contributed by atoms with Crippen LogP contribution in [0.2, 0.25) is 0 Å². The lowest BCUT2D eigenvalue weighted by molar-refractivity contribution is 0.164. The van der Waals surface area contributed by atoms with Crippen LogP contribution in [0.5, 0.6) is 11.6 Å². The third-order valence-corrected chi connectivity index (χ3v) is 5.94. The van der Waals surface area contributed by atoms with Gasteiger partial charge < -0.3 is 14.4 Å². The van der Waals surface area contributed by atoms with Gasteiger partial charge in [-0.15, -0.1) is 0 Å². The zero-order valence-corrected chi connectivity index (χ0v) is 19.5. The maximum Gasteiger partial charge on any atom is 0.213 e. The molecule has 0 atom stereocenters. The van der Waals surface area contributed by atoms with Gasteiger partial charge in [-0.25, -0.2) is 14.5 Å². The van der Waals surface area contributed by atoms with Crippen LogP contribution >= 0.6 is 0 Å². The highest BCUT2D eigenvalue weighted by Gasteiger charge is 2.22. The van der Waals surface area contributed by atoms with Crippen LogP contribution < -0.4 is 14.4 Å². The summed E-state index contributed by atoms with van der Waals surface area (Å²) in [5.74, 6) is 2.43. The molecule has 174 valence electrons. The van der Waals surface area contributed by atoms with Crippen LogP contribution in [-0.4, -0.2) is 58.6 Å². The number of anilines is 1. The van der Waals surface area contributed by atoms with Crippen molar-refractivity contribution < 1.29 is 9.47 Å². The van der Waals surface area contributed by atoms with Gasteiger partial charge in [0.15, 0.2) is 0 Å². The van der Waals surface area contributed by atoms with Crippen LogP contribution in [0.15, 0.2) is 66.2 Å². The molecule has 5 rings (SSSR count). The fraction of sp³-hybridized carbons (Fsp3) is 0.308. The fourth-order valence-corrected chi connectivity index (χ4v) is 4.34. The number of nitrogens with zero attached hydrogens (tertiary/aromatic N) is 6. The van der Waals surface area contributed by atoms with Crippen molar-refractivity contribution in [2.45, 2.75) is 25.9 Å². The van der Waals surface area contributed by atoms with Crippen molar-refractivity contribution in [3.05, 3.63) is 66.7 Å². The standard InChI is InChI=1S/C26H28N6O2/c1-3-33-22-14-23(26-20(15-27-2)17-30-32(26)18-22)19-7-8-24(29-16-19)31-12-9-21(10-13-31)34-25-6-4-5-11-28-25/h4-8,11,14-18,21H,3,9-10,12-13H2,1-2H3/b27-15+. The summed E-state index contributed by atoms with van der Waals surface area (Å²) in [4.78, 5) is 15.6. The van der Waals surface area contributed by atoms with E-state index in [1.54, 1.807) is 13.2 Å². The summed E-state index contributed by atoms with van der Waals surface area (Å²) < 4.78 is 13.6. The fourth-order valence-electron chi connectivity index (χ4n) is 4.34. The molecule has 8 nitrogen and oxygen atoms in total. The Morgan fingerprint density at radius 1 is 1.12 bits per heavy atom.